The maximum atomic E-state index is 12.3. The lowest BCUT2D eigenvalue weighted by atomic mass is 9.85. The van der Waals surface area contributed by atoms with Crippen molar-refractivity contribution >= 4 is 5.91 Å². The molecule has 1 aliphatic rings. The van der Waals surface area contributed by atoms with Crippen LogP contribution in [-0.2, 0) is 4.79 Å². The topological polar surface area (TPSA) is 32.3 Å². The zero-order valence-electron chi connectivity index (χ0n) is 12.7. The molecule has 3 nitrogen and oxygen atoms in total. The van der Waals surface area contributed by atoms with Gasteiger partial charge in [-0.1, -0.05) is 47.5 Å². The van der Waals surface area contributed by atoms with Crippen molar-refractivity contribution in [2.45, 2.75) is 59.9 Å². The van der Waals surface area contributed by atoms with Gasteiger partial charge in [0, 0.05) is 6.54 Å². The quantitative estimate of drug-likeness (QED) is 0.757. The lowest BCUT2D eigenvalue weighted by Crippen LogP contribution is -2.37. The van der Waals surface area contributed by atoms with E-state index in [1.807, 2.05) is 4.90 Å². The maximum absolute atomic E-state index is 12.3. The molecule has 0 aliphatic carbocycles. The number of amides is 1. The third-order valence-corrected chi connectivity index (χ3v) is 4.13. The van der Waals surface area contributed by atoms with Crippen LogP contribution in [0.25, 0.3) is 0 Å². The fourth-order valence-corrected chi connectivity index (χ4v) is 2.84. The Balaban J connectivity index is 2.51. The molecule has 1 amide bonds. The van der Waals surface area contributed by atoms with E-state index in [1.165, 1.54) is 0 Å². The zero-order chi connectivity index (χ0) is 13.7. The van der Waals surface area contributed by atoms with Gasteiger partial charge in [-0.2, -0.15) is 0 Å². The minimum Gasteiger partial charge on any atom is -0.328 e. The summed E-state index contributed by atoms with van der Waals surface area (Å²) in [6.07, 6.45) is 3.28. The highest BCUT2D eigenvalue weighted by Gasteiger charge is 2.32. The second kappa shape index (κ2) is 7.13. The van der Waals surface area contributed by atoms with Gasteiger partial charge in [-0.3, -0.25) is 10.1 Å². The fraction of sp³-hybridized carbons (Fsp3) is 0.933. The molecule has 18 heavy (non-hydrogen) atoms. The van der Waals surface area contributed by atoms with E-state index >= 15 is 0 Å². The molecule has 1 fully saturated rings. The summed E-state index contributed by atoms with van der Waals surface area (Å²) in [7, 11) is 0. The van der Waals surface area contributed by atoms with Crippen LogP contribution < -0.4 is 5.32 Å². The Morgan fingerprint density at radius 1 is 1.28 bits per heavy atom. The number of carbonyl (C=O) groups excluding carboxylic acids is 1. The Bertz CT molecular complexity index is 255. The molecule has 106 valence electrons. The van der Waals surface area contributed by atoms with E-state index in [4.69, 9.17) is 0 Å². The highest BCUT2D eigenvalue weighted by atomic mass is 16.2. The zero-order valence-corrected chi connectivity index (χ0v) is 12.7. The van der Waals surface area contributed by atoms with Gasteiger partial charge in [-0.25, -0.2) is 0 Å². The molecule has 3 heteroatoms. The van der Waals surface area contributed by atoms with Gasteiger partial charge in [0.05, 0.1) is 12.7 Å². The molecule has 1 rings (SSSR count). The van der Waals surface area contributed by atoms with Gasteiger partial charge >= 0.3 is 0 Å². The summed E-state index contributed by atoms with van der Waals surface area (Å²) in [5.41, 5.74) is 0. The van der Waals surface area contributed by atoms with Gasteiger partial charge < -0.3 is 4.90 Å². The van der Waals surface area contributed by atoms with Crippen molar-refractivity contribution in [2.24, 2.45) is 17.8 Å². The van der Waals surface area contributed by atoms with E-state index in [1.54, 1.807) is 0 Å². The monoisotopic (exact) mass is 254 g/mol. The van der Waals surface area contributed by atoms with E-state index in [0.29, 0.717) is 23.7 Å². The number of hydrogen-bond acceptors (Lipinski definition) is 2. The normalized spacial score (nSPS) is 20.8. The smallest absolute Gasteiger partial charge is 0.240 e. The van der Waals surface area contributed by atoms with E-state index in [2.05, 4.69) is 39.9 Å². The molecule has 1 aliphatic heterocycles. The molecule has 0 radical (unpaired) electrons. The first-order chi connectivity index (χ1) is 8.47. The van der Waals surface area contributed by atoms with Crippen LogP contribution in [0.15, 0.2) is 0 Å². The van der Waals surface area contributed by atoms with Gasteiger partial charge in [0.15, 0.2) is 0 Å². The highest BCUT2D eigenvalue weighted by molar-refractivity contribution is 5.83. The van der Waals surface area contributed by atoms with Gasteiger partial charge in [0.2, 0.25) is 5.91 Å². The van der Waals surface area contributed by atoms with Crippen LogP contribution in [0.1, 0.15) is 53.9 Å². The highest BCUT2D eigenvalue weighted by Crippen LogP contribution is 2.23. The van der Waals surface area contributed by atoms with Gasteiger partial charge in [-0.05, 0) is 24.2 Å². The number of rotatable bonds is 7. The summed E-state index contributed by atoms with van der Waals surface area (Å²) in [5, 5.41) is 3.35. The first kappa shape index (κ1) is 15.5. The van der Waals surface area contributed by atoms with E-state index in [0.717, 1.165) is 32.5 Å². The second-order valence-corrected chi connectivity index (χ2v) is 6.27. The van der Waals surface area contributed by atoms with Gasteiger partial charge in [0.25, 0.3) is 0 Å². The lowest BCUT2D eigenvalue weighted by Gasteiger charge is -2.29. The molecular weight excluding hydrogens is 224 g/mol. The van der Waals surface area contributed by atoms with Crippen molar-refractivity contribution in [3.63, 3.8) is 0 Å². The largest absolute Gasteiger partial charge is 0.328 e. The molecule has 0 bridgehead atoms. The molecule has 1 heterocycles. The Morgan fingerprint density at radius 3 is 2.39 bits per heavy atom. The number of carbonyl (C=O) groups is 1. The van der Waals surface area contributed by atoms with E-state index in [-0.39, 0.29) is 6.04 Å². The van der Waals surface area contributed by atoms with E-state index < -0.39 is 0 Å². The number of unbranched alkanes of at least 4 members (excludes halogenated alkanes) is 1. The Kier molecular flexibility index (Phi) is 6.13. The van der Waals surface area contributed by atoms with E-state index in [9.17, 15) is 4.79 Å². The van der Waals surface area contributed by atoms with Crippen LogP contribution >= 0.6 is 0 Å². The predicted octanol–water partition coefficient (Wildman–Crippen LogP) is 2.86. The molecule has 0 spiro atoms. The molecule has 1 saturated heterocycles. The van der Waals surface area contributed by atoms with Crippen molar-refractivity contribution in [3.8, 4) is 0 Å². The second-order valence-electron chi connectivity index (χ2n) is 6.27. The van der Waals surface area contributed by atoms with Crippen LogP contribution in [0.5, 0.6) is 0 Å². The summed E-state index contributed by atoms with van der Waals surface area (Å²) in [4.78, 5) is 14.3. The van der Waals surface area contributed by atoms with Crippen LogP contribution in [0.3, 0.4) is 0 Å². The summed E-state index contributed by atoms with van der Waals surface area (Å²) in [6, 6.07) is 0.0740. The lowest BCUT2D eigenvalue weighted by molar-refractivity contribution is -0.129. The van der Waals surface area contributed by atoms with Crippen LogP contribution in [-0.4, -0.2) is 30.1 Å². The van der Waals surface area contributed by atoms with Crippen molar-refractivity contribution < 1.29 is 4.79 Å². The molecule has 1 atom stereocenters. The van der Waals surface area contributed by atoms with Crippen molar-refractivity contribution in [1.82, 2.24) is 10.2 Å². The first-order valence-electron chi connectivity index (χ1n) is 7.49. The van der Waals surface area contributed by atoms with Gasteiger partial charge in [-0.15, -0.1) is 0 Å². The van der Waals surface area contributed by atoms with Gasteiger partial charge in [0.1, 0.15) is 0 Å². The molecule has 0 saturated carbocycles. The fourth-order valence-electron chi connectivity index (χ4n) is 2.84. The molecule has 0 aromatic carbocycles. The maximum Gasteiger partial charge on any atom is 0.240 e. The average molecular weight is 254 g/mol. The molecule has 0 aromatic rings. The number of nitrogens with zero attached hydrogens (tertiary/aromatic N) is 1. The summed E-state index contributed by atoms with van der Waals surface area (Å²) in [5.74, 6) is 2.18. The van der Waals surface area contributed by atoms with Crippen molar-refractivity contribution in [2.75, 3.05) is 13.2 Å². The minimum atomic E-state index is 0.0740. The standard InChI is InChI=1S/C15H30N2O/c1-6-7-8-14-15(18)17(10-16-14)9-13(11(2)3)12(4)5/h11-14,16H,6-10H2,1-5H3. The molecule has 1 N–H and O–H groups in total. The number of nitrogens with one attached hydrogen (secondary N) is 1. The Hall–Kier alpha value is -0.570. The Labute approximate surface area is 112 Å². The molecule has 0 aromatic heterocycles. The summed E-state index contributed by atoms with van der Waals surface area (Å²) < 4.78 is 0. The summed E-state index contributed by atoms with van der Waals surface area (Å²) >= 11 is 0. The third-order valence-electron chi connectivity index (χ3n) is 4.13. The predicted molar refractivity (Wildman–Crippen MR) is 76.2 cm³/mol. The third kappa shape index (κ3) is 3.98. The summed E-state index contributed by atoms with van der Waals surface area (Å²) in [6.45, 7) is 12.8. The SMILES string of the molecule is CCCCC1NCN(CC(C(C)C)C(C)C)C1=O. The molecule has 1 unspecified atom stereocenters. The van der Waals surface area contributed by atoms with Crippen LogP contribution in [0, 0.1) is 17.8 Å². The number of hydrogen-bond donors (Lipinski definition) is 1. The van der Waals surface area contributed by atoms with Crippen molar-refractivity contribution in [3.05, 3.63) is 0 Å². The van der Waals surface area contributed by atoms with Crippen LogP contribution in [0.4, 0.5) is 0 Å². The van der Waals surface area contributed by atoms with Crippen molar-refractivity contribution in [1.29, 1.82) is 0 Å². The average Bonchev–Trinajstić information content (AvgIpc) is 2.64. The first-order valence-corrected chi connectivity index (χ1v) is 7.49. The Morgan fingerprint density at radius 2 is 1.89 bits per heavy atom. The molecular formula is C15H30N2O. The van der Waals surface area contributed by atoms with Crippen LogP contribution in [0.2, 0.25) is 0 Å². The minimum absolute atomic E-state index is 0.0740.